The van der Waals surface area contributed by atoms with E-state index < -0.39 is 6.36 Å². The van der Waals surface area contributed by atoms with Crippen LogP contribution in [0.3, 0.4) is 0 Å². The average molecular weight is 382 g/mol. The number of nitrogens with zero attached hydrogens (tertiary/aromatic N) is 2. The van der Waals surface area contributed by atoms with E-state index in [2.05, 4.69) is 14.5 Å². The van der Waals surface area contributed by atoms with E-state index in [1.54, 1.807) is 0 Å². The number of piperidine rings is 1. The monoisotopic (exact) mass is 382 g/mol. The second-order valence-corrected chi connectivity index (χ2v) is 7.15. The molecule has 148 valence electrons. The topological polar surface area (TPSA) is 32.8 Å². The summed E-state index contributed by atoms with van der Waals surface area (Å²) in [4.78, 5) is 17.0. The zero-order chi connectivity index (χ0) is 19.3. The third-order valence-electron chi connectivity index (χ3n) is 5.13. The molecule has 2 aliphatic heterocycles. The van der Waals surface area contributed by atoms with Gasteiger partial charge in [-0.2, -0.15) is 0 Å². The molecule has 0 aromatic heterocycles. The number of carbonyl (C=O) groups excluding carboxylic acids is 1. The van der Waals surface area contributed by atoms with Crippen molar-refractivity contribution in [3.8, 4) is 5.75 Å². The number of rotatable bonds is 6. The maximum Gasteiger partial charge on any atom is 0.573 e. The first-order valence-corrected chi connectivity index (χ1v) is 9.47. The molecule has 0 N–H and O–H groups in total. The van der Waals surface area contributed by atoms with Gasteiger partial charge in [-0.15, -0.1) is 13.2 Å². The molecule has 2 fully saturated rings. The lowest BCUT2D eigenvalue weighted by Gasteiger charge is -2.32. The van der Waals surface area contributed by atoms with Crippen LogP contribution in [0.1, 0.15) is 42.5 Å². The predicted molar refractivity (Wildman–Crippen MR) is 96.6 cm³/mol. The molecule has 7 heteroatoms. The van der Waals surface area contributed by atoms with Crippen molar-refractivity contribution < 1.29 is 22.7 Å². The highest BCUT2D eigenvalue weighted by Gasteiger charge is 2.31. The zero-order valence-corrected chi connectivity index (χ0v) is 15.3. The molecule has 0 bridgehead atoms. The van der Waals surface area contributed by atoms with Crippen LogP contribution in [0.2, 0.25) is 0 Å². The predicted octanol–water partition coefficient (Wildman–Crippen LogP) is 4.23. The minimum absolute atomic E-state index is 0.225. The average Bonchev–Trinajstić information content (AvgIpc) is 3.07. The van der Waals surface area contributed by atoms with Gasteiger partial charge >= 0.3 is 6.36 Å². The van der Waals surface area contributed by atoms with Gasteiger partial charge in [0.1, 0.15) is 5.75 Å². The summed E-state index contributed by atoms with van der Waals surface area (Å²) in [6, 6.07) is 5.44. The number of alkyl halides is 3. The first-order chi connectivity index (χ1) is 12.9. The number of likely N-dealkylation sites (tertiary alicyclic amines) is 2. The van der Waals surface area contributed by atoms with Crippen LogP contribution >= 0.6 is 0 Å². The minimum Gasteiger partial charge on any atom is -0.406 e. The Morgan fingerprint density at radius 2 is 1.78 bits per heavy atom. The Hall–Kier alpha value is -2.02. The molecule has 2 heterocycles. The largest absolute Gasteiger partial charge is 0.573 e. The lowest BCUT2D eigenvalue weighted by Crippen LogP contribution is -2.40. The Morgan fingerprint density at radius 1 is 1.07 bits per heavy atom. The van der Waals surface area contributed by atoms with E-state index in [4.69, 9.17) is 0 Å². The molecule has 1 atom stereocenters. The summed E-state index contributed by atoms with van der Waals surface area (Å²) < 4.78 is 40.4. The van der Waals surface area contributed by atoms with Crippen LogP contribution in [0.5, 0.6) is 5.75 Å². The highest BCUT2D eigenvalue weighted by atomic mass is 19.4. The van der Waals surface area contributed by atoms with Gasteiger partial charge < -0.3 is 14.5 Å². The summed E-state index contributed by atoms with van der Waals surface area (Å²) in [5, 5.41) is 0. The molecule has 27 heavy (non-hydrogen) atoms. The van der Waals surface area contributed by atoms with Crippen LogP contribution < -0.4 is 4.74 Å². The van der Waals surface area contributed by atoms with Gasteiger partial charge in [0.15, 0.2) is 5.78 Å². The van der Waals surface area contributed by atoms with Crippen LogP contribution in [0.15, 0.2) is 36.5 Å². The van der Waals surface area contributed by atoms with Crippen LogP contribution in [-0.4, -0.2) is 54.2 Å². The molecule has 0 saturated carbocycles. The number of carbonyl (C=O) groups is 1. The van der Waals surface area contributed by atoms with Crippen molar-refractivity contribution in [1.29, 1.82) is 0 Å². The van der Waals surface area contributed by atoms with Crippen molar-refractivity contribution in [2.75, 3.05) is 26.2 Å². The normalized spacial score (nSPS) is 21.7. The number of ketones is 1. The van der Waals surface area contributed by atoms with Crippen LogP contribution in [0.4, 0.5) is 13.2 Å². The quantitative estimate of drug-likeness (QED) is 0.544. The highest BCUT2D eigenvalue weighted by molar-refractivity contribution is 6.04. The van der Waals surface area contributed by atoms with Gasteiger partial charge in [0.05, 0.1) is 0 Å². The second kappa shape index (κ2) is 8.78. The summed E-state index contributed by atoms with van der Waals surface area (Å²) in [7, 11) is 0. The number of halogens is 3. The fourth-order valence-electron chi connectivity index (χ4n) is 3.77. The number of hydrogen-bond donors (Lipinski definition) is 0. The Labute approximate surface area is 157 Å². The van der Waals surface area contributed by atoms with Gasteiger partial charge in [-0.3, -0.25) is 4.79 Å². The van der Waals surface area contributed by atoms with E-state index >= 15 is 0 Å². The van der Waals surface area contributed by atoms with Crippen LogP contribution in [0.25, 0.3) is 0 Å². The van der Waals surface area contributed by atoms with E-state index in [0.29, 0.717) is 11.6 Å². The molecular formula is C20H25F3N2O2. The molecule has 0 unspecified atom stereocenters. The standard InChI is InChI=1S/C20H25F3N2O2/c21-20(22,23)27-18-8-6-16(7-9-18)19(26)10-14-25-13-4-5-17(25)15-24-11-2-1-3-12-24/h6-10,14,17H,1-5,11-13,15H2/t17-/m1/s1. The summed E-state index contributed by atoms with van der Waals surface area (Å²) in [5.41, 5.74) is 0.340. The van der Waals surface area contributed by atoms with Gasteiger partial charge in [-0.05, 0) is 63.0 Å². The maximum absolute atomic E-state index is 12.3. The van der Waals surface area contributed by atoms with E-state index in [0.717, 1.165) is 51.2 Å². The molecule has 3 rings (SSSR count). The van der Waals surface area contributed by atoms with E-state index in [1.807, 2.05) is 6.20 Å². The second-order valence-electron chi connectivity index (χ2n) is 7.15. The summed E-state index contributed by atoms with van der Waals surface area (Å²) in [6.45, 7) is 4.27. The lowest BCUT2D eigenvalue weighted by atomic mass is 10.1. The molecule has 2 saturated heterocycles. The number of allylic oxidation sites excluding steroid dienone is 1. The van der Waals surface area contributed by atoms with E-state index in [1.165, 1.54) is 37.5 Å². The molecule has 0 spiro atoms. The fourth-order valence-corrected chi connectivity index (χ4v) is 3.77. The third-order valence-corrected chi connectivity index (χ3v) is 5.13. The zero-order valence-electron chi connectivity index (χ0n) is 15.3. The van der Waals surface area contributed by atoms with E-state index in [-0.39, 0.29) is 11.5 Å². The van der Waals surface area contributed by atoms with Crippen molar-refractivity contribution in [1.82, 2.24) is 9.80 Å². The molecule has 0 aliphatic carbocycles. The van der Waals surface area contributed by atoms with Gasteiger partial charge in [0.25, 0.3) is 0 Å². The lowest BCUT2D eigenvalue weighted by molar-refractivity contribution is -0.274. The first kappa shape index (κ1) is 19.7. The fraction of sp³-hybridized carbons (Fsp3) is 0.550. The molecule has 4 nitrogen and oxygen atoms in total. The Morgan fingerprint density at radius 3 is 2.44 bits per heavy atom. The summed E-state index contributed by atoms with van der Waals surface area (Å²) >= 11 is 0. The van der Waals surface area contributed by atoms with Gasteiger partial charge in [0, 0.05) is 37.0 Å². The highest BCUT2D eigenvalue weighted by Crippen LogP contribution is 2.23. The third kappa shape index (κ3) is 5.99. The molecule has 1 aromatic carbocycles. The molecule has 0 radical (unpaired) electrons. The molecule has 1 aromatic rings. The van der Waals surface area contributed by atoms with Crippen LogP contribution in [-0.2, 0) is 0 Å². The molecule has 0 amide bonds. The summed E-state index contributed by atoms with van der Waals surface area (Å²) in [5.74, 6) is -0.554. The molecular weight excluding hydrogens is 357 g/mol. The Bertz CT molecular complexity index is 652. The number of benzene rings is 1. The van der Waals surface area contributed by atoms with Gasteiger partial charge in [-0.1, -0.05) is 6.42 Å². The smallest absolute Gasteiger partial charge is 0.406 e. The molecule has 2 aliphatic rings. The first-order valence-electron chi connectivity index (χ1n) is 9.47. The minimum atomic E-state index is -4.73. The number of hydrogen-bond acceptors (Lipinski definition) is 4. The van der Waals surface area contributed by atoms with Crippen LogP contribution in [0, 0.1) is 0 Å². The van der Waals surface area contributed by atoms with Crippen molar-refractivity contribution in [3.05, 3.63) is 42.1 Å². The summed E-state index contributed by atoms with van der Waals surface area (Å²) in [6.07, 6.45) is 4.68. The maximum atomic E-state index is 12.3. The van der Waals surface area contributed by atoms with Crippen molar-refractivity contribution >= 4 is 5.78 Å². The van der Waals surface area contributed by atoms with Crippen molar-refractivity contribution in [3.63, 3.8) is 0 Å². The van der Waals surface area contributed by atoms with Gasteiger partial charge in [0.2, 0.25) is 0 Å². The SMILES string of the molecule is O=C(C=CN1CCC[C@@H]1CN1CCCCC1)c1ccc(OC(F)(F)F)cc1. The van der Waals surface area contributed by atoms with Crippen molar-refractivity contribution in [2.45, 2.75) is 44.5 Å². The Balaban J connectivity index is 1.55. The Kier molecular flexibility index (Phi) is 6.42. The van der Waals surface area contributed by atoms with E-state index in [9.17, 15) is 18.0 Å². The van der Waals surface area contributed by atoms with Gasteiger partial charge in [-0.25, -0.2) is 0 Å². The van der Waals surface area contributed by atoms with Crippen molar-refractivity contribution in [2.24, 2.45) is 0 Å². The number of ether oxygens (including phenoxy) is 1.